The van der Waals surface area contributed by atoms with E-state index in [0.29, 0.717) is 28.8 Å². The standard InChI is InChI=1S/C60H72N10O21S2.Na/c1-29-27-70-50(51(29)78)56(83)62-26-37(72)23-40(63-52(79)34-8-12-36(13-9-34)58-68-67-57(92-58)35-10-6-32(7-11-35)33-14-16-39(17-15-33)88-20-4-19-87-3)53(80)64-47(30(2)71)59(84)69-28-38(73)24-41(69)54(81)65-48(55(82)66-49(60(70)85)44(76)25-46(61)77)43(75)21-31-5-18-42(74)45(22-31)89-93-91-90-86;/h5-18,22,29-30,37-38,40-41,43-44,47-51,71-76,78,86H,4,19-21,23-28H2,1-3H3,(H2,61,77)(H,62,83)(H,63,79)(H,64,80)(H,65,81)(H,66,82);/q;+1/p-1. The van der Waals surface area contributed by atoms with Crippen LogP contribution in [0.15, 0.2) is 91.0 Å². The van der Waals surface area contributed by atoms with Crippen molar-refractivity contribution in [2.45, 2.75) is 119 Å². The third kappa shape index (κ3) is 18.9. The molecule has 0 aliphatic carbocycles. The molecular weight excluding hydrogens is 1280 g/mol. The van der Waals surface area contributed by atoms with Gasteiger partial charge < -0.3 is 96.8 Å². The summed E-state index contributed by atoms with van der Waals surface area (Å²) >= 11 is 1.28. The Labute approximate surface area is 568 Å². The van der Waals surface area contributed by atoms with Gasteiger partial charge in [-0.05, 0) is 60.0 Å². The summed E-state index contributed by atoms with van der Waals surface area (Å²) in [7, 11) is 1.64. The fourth-order valence-electron chi connectivity index (χ4n) is 10.8. The van der Waals surface area contributed by atoms with Crippen molar-refractivity contribution >= 4 is 70.9 Å². The number of nitrogens with one attached hydrogen (secondary N) is 5. The Morgan fingerprint density at radius 1 is 0.755 bits per heavy atom. The molecule has 1 aromatic heterocycles. The molecule has 4 aromatic carbocycles. The van der Waals surface area contributed by atoms with E-state index in [1.54, 1.807) is 19.2 Å². The second-order valence-corrected chi connectivity index (χ2v) is 24.0. The third-order valence-electron chi connectivity index (χ3n) is 15.7. The second kappa shape index (κ2) is 34.3. The molecule has 8 amide bonds. The number of aromatic hydroxyl groups is 1. The summed E-state index contributed by atoms with van der Waals surface area (Å²) in [6.45, 7) is 1.96. The Bertz CT molecular complexity index is 3450. The Morgan fingerprint density at radius 2 is 1.36 bits per heavy atom. The number of aliphatic hydroxyl groups excluding tert-OH is 6. The summed E-state index contributed by atoms with van der Waals surface area (Å²) in [5.41, 5.74) is 8.78. The number of phenols is 1. The van der Waals surface area contributed by atoms with E-state index in [0.717, 1.165) is 57.7 Å². The molecular formula is C60H71N10NaO21S2. The molecule has 0 spiro atoms. The van der Waals surface area contributed by atoms with Crippen molar-refractivity contribution < 1.29 is 132 Å². The summed E-state index contributed by atoms with van der Waals surface area (Å²) in [6.07, 6.45) is -13.0. The fourth-order valence-corrected chi connectivity index (χ4v) is 11.9. The summed E-state index contributed by atoms with van der Waals surface area (Å²) in [5, 5.41) is 114. The first-order valence-corrected chi connectivity index (χ1v) is 30.8. The van der Waals surface area contributed by atoms with E-state index in [-0.39, 0.29) is 58.8 Å². The predicted octanol–water partition coefficient (Wildman–Crippen LogP) is -5.35. The van der Waals surface area contributed by atoms with E-state index >= 15 is 0 Å². The topological polar surface area (TPSA) is 466 Å². The molecule has 4 heterocycles. The number of amides is 8. The van der Waals surface area contributed by atoms with Crippen molar-refractivity contribution in [2.75, 3.05) is 40.0 Å². The Kier molecular flexibility index (Phi) is 27.0. The molecule has 13 atom stereocenters. The number of fused-ring (bicyclic) bond motifs is 2. The number of aromatic nitrogens is 2. The van der Waals surface area contributed by atoms with E-state index in [9.17, 15) is 79.4 Å². The van der Waals surface area contributed by atoms with Gasteiger partial charge in [0, 0.05) is 81.6 Å². The molecule has 5 aromatic rings. The Hall–Kier alpha value is -7.45. The summed E-state index contributed by atoms with van der Waals surface area (Å²) in [5.74, 6) is -10.5. The van der Waals surface area contributed by atoms with Crippen LogP contribution >= 0.6 is 23.7 Å². The smallest absolute Gasteiger partial charge is 0.691 e. The van der Waals surface area contributed by atoms with Gasteiger partial charge in [-0.15, -0.1) is 14.5 Å². The van der Waals surface area contributed by atoms with E-state index in [1.807, 2.05) is 48.5 Å². The molecule has 8 rings (SSSR count). The van der Waals surface area contributed by atoms with Crippen LogP contribution in [0.1, 0.15) is 55.5 Å². The van der Waals surface area contributed by atoms with Crippen LogP contribution in [0.25, 0.3) is 32.3 Å². The molecule has 3 aliphatic heterocycles. The zero-order valence-corrected chi connectivity index (χ0v) is 54.9. The molecule has 0 radical (unpaired) electrons. The zero-order chi connectivity index (χ0) is 67.2. The minimum Gasteiger partial charge on any atom is -0.691 e. The van der Waals surface area contributed by atoms with Crippen LogP contribution in [0.5, 0.6) is 17.2 Å². The molecule has 34 heteroatoms. The number of benzene rings is 4. The number of rotatable bonds is 21. The first kappa shape index (κ1) is 74.0. The van der Waals surface area contributed by atoms with Gasteiger partial charge in [-0.2, -0.15) is 0 Å². The predicted molar refractivity (Wildman–Crippen MR) is 325 cm³/mol. The van der Waals surface area contributed by atoms with Crippen molar-refractivity contribution in [3.05, 3.63) is 102 Å². The maximum atomic E-state index is 14.7. The van der Waals surface area contributed by atoms with Gasteiger partial charge in [0.15, 0.2) is 11.5 Å². The molecule has 0 saturated carbocycles. The number of β-amino-alcohol motifs (C(OH)–C–C–N with tert-alkyl or cyclic N) is 1. The molecule has 3 aliphatic rings. The van der Waals surface area contributed by atoms with E-state index in [4.69, 9.17) is 19.4 Å². The zero-order valence-electron chi connectivity index (χ0n) is 51.3. The molecule has 31 nitrogen and oxygen atoms in total. The van der Waals surface area contributed by atoms with Crippen molar-refractivity contribution in [1.29, 1.82) is 0 Å². The summed E-state index contributed by atoms with van der Waals surface area (Å²) in [4.78, 5) is 115. The SMILES string of the molecule is COCCCOc1ccc(-c2ccc(-c3nnc(-c4ccc(C(=O)NC5CC(O)CNC(=O)C6C(O)C(C)CN6C(=O)C(C(O)CC(N)=O)NC(=O)C(C(O)Cc6ccc(O)c(OSOO[O-])c6)NC(=O)C6CC(O)CN6C(=O)C(C(C)O)NC5=O)cc4)s3)cc2)cc1.[Na+]. The normalized spacial score (nSPS) is 24.2. The van der Waals surface area contributed by atoms with E-state index < -0.39 is 177 Å². The average molecular weight is 1360 g/mol. The average Bonchev–Trinajstić information content (AvgIpc) is 1.62. The number of primary amides is 1. The quantitative estimate of drug-likeness (QED) is 0.0107. The Morgan fingerprint density at radius 3 is 1.99 bits per heavy atom. The van der Waals surface area contributed by atoms with Crippen LogP contribution in [0.4, 0.5) is 0 Å². The Balaban J connectivity index is 0.0000125. The number of nitrogens with zero attached hydrogens (tertiary/aromatic N) is 4. The second-order valence-electron chi connectivity index (χ2n) is 22.5. The van der Waals surface area contributed by atoms with Crippen molar-refractivity contribution in [1.82, 2.24) is 46.6 Å². The van der Waals surface area contributed by atoms with Gasteiger partial charge in [0.1, 0.15) is 52.0 Å². The molecule has 500 valence electrons. The molecule has 13 unspecified atom stereocenters. The molecule has 94 heavy (non-hydrogen) atoms. The van der Waals surface area contributed by atoms with Gasteiger partial charge in [-0.25, -0.2) is 0 Å². The maximum absolute atomic E-state index is 14.7. The van der Waals surface area contributed by atoms with Crippen LogP contribution in [-0.2, 0) is 54.1 Å². The van der Waals surface area contributed by atoms with Gasteiger partial charge in [0.2, 0.25) is 41.4 Å². The number of hydrogen-bond acceptors (Lipinski definition) is 25. The van der Waals surface area contributed by atoms with Crippen LogP contribution in [-0.4, -0.2) is 216 Å². The van der Waals surface area contributed by atoms with Gasteiger partial charge >= 0.3 is 29.6 Å². The van der Waals surface area contributed by atoms with E-state index in [1.165, 1.54) is 36.5 Å². The number of hydrogen-bond donors (Lipinski definition) is 13. The molecule has 0 bridgehead atoms. The number of aliphatic hydroxyl groups is 6. The van der Waals surface area contributed by atoms with Crippen LogP contribution < -0.4 is 76.1 Å². The van der Waals surface area contributed by atoms with Crippen molar-refractivity contribution in [3.63, 3.8) is 0 Å². The van der Waals surface area contributed by atoms with Gasteiger partial charge in [-0.3, -0.25) is 43.4 Å². The largest absolute Gasteiger partial charge is 1.00 e. The maximum Gasteiger partial charge on any atom is 1.00 e. The fraction of sp³-hybridized carbons (Fsp3) is 0.433. The van der Waals surface area contributed by atoms with Crippen molar-refractivity contribution in [2.24, 2.45) is 11.7 Å². The summed E-state index contributed by atoms with van der Waals surface area (Å²) in [6, 6.07) is 13.2. The number of methoxy groups -OCH3 is 1. The summed E-state index contributed by atoms with van der Waals surface area (Å²) < 4.78 is 20.0. The van der Waals surface area contributed by atoms with Crippen LogP contribution in [0.3, 0.4) is 0 Å². The molecule has 3 fully saturated rings. The monoisotopic (exact) mass is 1350 g/mol. The number of nitrogens with two attached hydrogens (primary N) is 1. The van der Waals surface area contributed by atoms with Crippen molar-refractivity contribution in [3.8, 4) is 49.5 Å². The van der Waals surface area contributed by atoms with E-state index in [2.05, 4.69) is 46.2 Å². The number of ether oxygens (including phenoxy) is 2. The van der Waals surface area contributed by atoms with Crippen LogP contribution in [0.2, 0.25) is 0 Å². The number of carbonyl (C=O) groups is 8. The van der Waals surface area contributed by atoms with Crippen LogP contribution in [0, 0.1) is 5.92 Å². The van der Waals surface area contributed by atoms with Gasteiger partial charge in [-0.1, -0.05) is 72.9 Å². The first-order valence-electron chi connectivity index (χ1n) is 29.3. The van der Waals surface area contributed by atoms with Gasteiger partial charge in [0.05, 0.1) is 49.7 Å². The minimum atomic E-state index is -2.23. The molecule has 3 saturated heterocycles. The minimum absolute atomic E-state index is 0. The first-order chi connectivity index (χ1) is 44.4. The molecule has 14 N–H and O–H groups in total. The van der Waals surface area contributed by atoms with Gasteiger partial charge in [0.25, 0.3) is 18.2 Å². The number of carbonyl (C=O) groups excluding carboxylic acids is 8. The number of phenolic OH excluding ortho intramolecular Hbond substituents is 1. The third-order valence-corrected chi connectivity index (χ3v) is 17.1.